The van der Waals surface area contributed by atoms with Crippen LogP contribution in [-0.2, 0) is 6.42 Å². The Morgan fingerprint density at radius 1 is 1.43 bits per heavy atom. The van der Waals surface area contributed by atoms with Gasteiger partial charge in [0.15, 0.2) is 6.10 Å². The lowest BCUT2D eigenvalue weighted by Crippen LogP contribution is -2.30. The predicted octanol–water partition coefficient (Wildman–Crippen LogP) is 2.23. The Morgan fingerprint density at radius 3 is 2.36 bits per heavy atom. The molecule has 0 saturated carbocycles. The van der Waals surface area contributed by atoms with E-state index in [1.165, 1.54) is 11.3 Å². The van der Waals surface area contributed by atoms with E-state index in [1.807, 2.05) is 0 Å². The molecule has 0 saturated heterocycles. The fourth-order valence-corrected chi connectivity index (χ4v) is 1.88. The Kier molecular flexibility index (Phi) is 3.16. The first kappa shape index (κ1) is 11.5. The maximum atomic E-state index is 12.0. The zero-order valence-corrected chi connectivity index (χ0v) is 8.54. The Bertz CT molecular complexity index is 301. The van der Waals surface area contributed by atoms with Crippen molar-refractivity contribution in [2.45, 2.75) is 32.5 Å². The molecule has 0 bridgehead atoms. The second-order valence-corrected chi connectivity index (χ2v) is 4.30. The number of thiazole rings is 1. The third-order valence-electron chi connectivity index (χ3n) is 1.82. The van der Waals surface area contributed by atoms with E-state index >= 15 is 0 Å². The van der Waals surface area contributed by atoms with Gasteiger partial charge in [-0.1, -0.05) is 0 Å². The second-order valence-electron chi connectivity index (χ2n) is 3.01. The highest BCUT2D eigenvalue weighted by molar-refractivity contribution is 7.11. The average Bonchev–Trinajstić information content (AvgIpc) is 2.29. The largest absolute Gasteiger partial charge is 0.414 e. The van der Waals surface area contributed by atoms with Gasteiger partial charge in [-0.05, 0) is 13.8 Å². The molecule has 0 spiro atoms. The van der Waals surface area contributed by atoms with Gasteiger partial charge in [0, 0.05) is 11.3 Å². The van der Waals surface area contributed by atoms with Crippen LogP contribution in [0.5, 0.6) is 0 Å². The molecule has 80 valence electrons. The molecule has 0 aliphatic carbocycles. The maximum absolute atomic E-state index is 12.0. The van der Waals surface area contributed by atoms with Gasteiger partial charge in [0.1, 0.15) is 0 Å². The number of nitrogens with zero attached hydrogens (tertiary/aromatic N) is 1. The number of aromatic nitrogens is 1. The summed E-state index contributed by atoms with van der Waals surface area (Å²) in [4.78, 5) is 4.81. The van der Waals surface area contributed by atoms with Crippen molar-refractivity contribution in [3.8, 4) is 0 Å². The van der Waals surface area contributed by atoms with Crippen LogP contribution in [0.2, 0.25) is 0 Å². The normalized spacial score (nSPS) is 14.4. The summed E-state index contributed by atoms with van der Waals surface area (Å²) in [5.74, 6) is 0. The molecule has 0 amide bonds. The highest BCUT2D eigenvalue weighted by atomic mass is 32.1. The zero-order valence-electron chi connectivity index (χ0n) is 7.72. The molecule has 14 heavy (non-hydrogen) atoms. The monoisotopic (exact) mass is 225 g/mol. The van der Waals surface area contributed by atoms with Crippen molar-refractivity contribution in [3.05, 3.63) is 15.6 Å². The predicted molar refractivity (Wildman–Crippen MR) is 47.4 cm³/mol. The summed E-state index contributed by atoms with van der Waals surface area (Å²) in [6.45, 7) is 3.52. The van der Waals surface area contributed by atoms with Gasteiger partial charge in [-0.25, -0.2) is 4.98 Å². The first-order valence-electron chi connectivity index (χ1n) is 3.98. The van der Waals surface area contributed by atoms with Crippen molar-refractivity contribution in [3.63, 3.8) is 0 Å². The van der Waals surface area contributed by atoms with E-state index in [2.05, 4.69) is 4.98 Å². The van der Waals surface area contributed by atoms with Crippen LogP contribution in [0.1, 0.15) is 15.6 Å². The summed E-state index contributed by atoms with van der Waals surface area (Å²) < 4.78 is 35.9. The summed E-state index contributed by atoms with van der Waals surface area (Å²) in [6, 6.07) is 0. The minimum Gasteiger partial charge on any atom is -0.383 e. The van der Waals surface area contributed by atoms with Crippen LogP contribution < -0.4 is 0 Å². The minimum atomic E-state index is -4.56. The lowest BCUT2D eigenvalue weighted by atomic mass is 10.2. The number of halogens is 3. The summed E-state index contributed by atoms with van der Waals surface area (Å²) in [6.07, 6.45) is -7.33. The lowest BCUT2D eigenvalue weighted by molar-refractivity contribution is -0.203. The Labute approximate surface area is 83.4 Å². The van der Waals surface area contributed by atoms with E-state index in [0.717, 1.165) is 10.6 Å². The van der Waals surface area contributed by atoms with Crippen LogP contribution in [0.25, 0.3) is 0 Å². The van der Waals surface area contributed by atoms with Crippen LogP contribution in [0.4, 0.5) is 13.2 Å². The van der Waals surface area contributed by atoms with Crippen molar-refractivity contribution < 1.29 is 18.3 Å². The zero-order chi connectivity index (χ0) is 10.9. The van der Waals surface area contributed by atoms with Gasteiger partial charge in [0.25, 0.3) is 0 Å². The summed E-state index contributed by atoms with van der Waals surface area (Å²) in [7, 11) is 0. The van der Waals surface area contributed by atoms with Gasteiger partial charge >= 0.3 is 6.18 Å². The lowest BCUT2D eigenvalue weighted by Gasteiger charge is -2.12. The SMILES string of the molecule is Cc1nc(CC(O)C(F)(F)F)sc1C. The van der Waals surface area contributed by atoms with Crippen molar-refractivity contribution >= 4 is 11.3 Å². The van der Waals surface area contributed by atoms with Crippen molar-refractivity contribution in [2.75, 3.05) is 0 Å². The van der Waals surface area contributed by atoms with Crippen molar-refractivity contribution in [1.29, 1.82) is 0 Å². The molecule has 1 N–H and O–H groups in total. The van der Waals surface area contributed by atoms with Crippen molar-refractivity contribution in [1.82, 2.24) is 4.98 Å². The first-order valence-corrected chi connectivity index (χ1v) is 4.80. The van der Waals surface area contributed by atoms with Gasteiger partial charge in [0.05, 0.1) is 10.7 Å². The van der Waals surface area contributed by atoms with Crippen LogP contribution in [-0.4, -0.2) is 22.4 Å². The Balaban J connectivity index is 2.70. The number of hydrogen-bond donors (Lipinski definition) is 1. The van der Waals surface area contributed by atoms with Crippen LogP contribution in [0.15, 0.2) is 0 Å². The van der Waals surface area contributed by atoms with Crippen LogP contribution >= 0.6 is 11.3 Å². The summed E-state index contributed by atoms with van der Waals surface area (Å²) in [5.41, 5.74) is 0.722. The van der Waals surface area contributed by atoms with Gasteiger partial charge in [-0.15, -0.1) is 11.3 Å². The molecule has 1 unspecified atom stereocenters. The third-order valence-corrected chi connectivity index (χ3v) is 2.91. The summed E-state index contributed by atoms with van der Waals surface area (Å²) >= 11 is 1.19. The maximum Gasteiger partial charge on any atom is 0.414 e. The highest BCUT2D eigenvalue weighted by Crippen LogP contribution is 2.25. The molecule has 0 aromatic carbocycles. The van der Waals surface area contributed by atoms with Gasteiger partial charge in [-0.2, -0.15) is 13.2 Å². The molecular weight excluding hydrogens is 215 g/mol. The Hall–Kier alpha value is -0.620. The molecule has 1 aromatic rings. The molecule has 1 rings (SSSR count). The Morgan fingerprint density at radius 2 is 2.00 bits per heavy atom. The molecule has 6 heteroatoms. The average molecular weight is 225 g/mol. The molecule has 2 nitrogen and oxygen atoms in total. The molecule has 1 heterocycles. The molecule has 0 radical (unpaired) electrons. The number of alkyl halides is 3. The quantitative estimate of drug-likeness (QED) is 0.837. The van der Waals surface area contributed by atoms with E-state index in [1.54, 1.807) is 13.8 Å². The number of rotatable bonds is 2. The van der Waals surface area contributed by atoms with Gasteiger partial charge in [-0.3, -0.25) is 0 Å². The van der Waals surface area contributed by atoms with Gasteiger partial charge in [0.2, 0.25) is 0 Å². The summed E-state index contributed by atoms with van der Waals surface area (Å²) in [5, 5.41) is 9.10. The van der Waals surface area contributed by atoms with Crippen LogP contribution in [0, 0.1) is 13.8 Å². The molecule has 1 aromatic heterocycles. The number of hydrogen-bond acceptors (Lipinski definition) is 3. The van der Waals surface area contributed by atoms with Gasteiger partial charge < -0.3 is 5.11 Å². The number of aliphatic hydroxyl groups excluding tert-OH is 1. The van der Waals surface area contributed by atoms with E-state index in [0.29, 0.717) is 5.01 Å². The number of aliphatic hydroxyl groups is 1. The standard InChI is InChI=1S/C8H10F3NOS/c1-4-5(2)14-7(12-4)3-6(13)8(9,10)11/h6,13H,3H2,1-2H3. The second kappa shape index (κ2) is 3.86. The fraction of sp³-hybridized carbons (Fsp3) is 0.625. The molecule has 0 fully saturated rings. The topological polar surface area (TPSA) is 33.1 Å². The fourth-order valence-electron chi connectivity index (χ4n) is 0.908. The van der Waals surface area contributed by atoms with E-state index in [-0.39, 0.29) is 0 Å². The molecule has 1 atom stereocenters. The minimum absolute atomic E-state index is 0.324. The van der Waals surface area contributed by atoms with E-state index in [4.69, 9.17) is 5.11 Å². The van der Waals surface area contributed by atoms with Crippen LogP contribution in [0.3, 0.4) is 0 Å². The van der Waals surface area contributed by atoms with E-state index in [9.17, 15) is 13.2 Å². The molecular formula is C8H10F3NOS. The highest BCUT2D eigenvalue weighted by Gasteiger charge is 2.38. The molecule has 0 aliphatic heterocycles. The molecule has 0 aliphatic rings. The van der Waals surface area contributed by atoms with E-state index < -0.39 is 18.7 Å². The third kappa shape index (κ3) is 2.68. The smallest absolute Gasteiger partial charge is 0.383 e. The number of aryl methyl sites for hydroxylation is 2. The van der Waals surface area contributed by atoms with Crippen molar-refractivity contribution in [2.24, 2.45) is 0 Å². The first-order chi connectivity index (χ1) is 6.30.